The summed E-state index contributed by atoms with van der Waals surface area (Å²) in [5, 5.41) is 11.8. The Morgan fingerprint density at radius 2 is 1.03 bits per heavy atom. The van der Waals surface area contributed by atoms with Crippen molar-refractivity contribution >= 4 is 17.8 Å². The lowest BCUT2D eigenvalue weighted by Gasteiger charge is -2.14. The van der Waals surface area contributed by atoms with Crippen molar-refractivity contribution < 1.29 is 24.2 Å². The second kappa shape index (κ2) is 25.5. The van der Waals surface area contributed by atoms with Gasteiger partial charge in [0.05, 0.1) is 13.0 Å². The molecule has 0 aromatic heterocycles. The molecule has 0 saturated heterocycles. The van der Waals surface area contributed by atoms with Crippen LogP contribution in [-0.2, 0) is 19.1 Å². The molecule has 6 nitrogen and oxygen atoms in total. The van der Waals surface area contributed by atoms with Crippen LogP contribution in [0.2, 0.25) is 0 Å². The minimum Gasteiger partial charge on any atom is -0.480 e. The number of ether oxygens (including phenoxy) is 1. The summed E-state index contributed by atoms with van der Waals surface area (Å²) in [5.41, 5.74) is 0. The molecule has 0 aromatic rings. The summed E-state index contributed by atoms with van der Waals surface area (Å²) in [6, 6.07) is -1.22. The number of unbranched alkanes of at least 4 members (excludes halogenated alkanes) is 18. The van der Waals surface area contributed by atoms with Gasteiger partial charge in [-0.15, -0.1) is 0 Å². The first-order valence-electron chi connectivity index (χ1n) is 14.7. The van der Waals surface area contributed by atoms with Crippen LogP contribution in [0, 0.1) is 0 Å². The minimum absolute atomic E-state index is 0.299. The molecular weight excluding hydrogens is 442 g/mol. The third kappa shape index (κ3) is 23.9. The van der Waals surface area contributed by atoms with E-state index in [2.05, 4.69) is 19.2 Å². The molecule has 0 heterocycles. The summed E-state index contributed by atoms with van der Waals surface area (Å²) in [6.07, 6.45) is 23.8. The molecule has 0 aliphatic carbocycles. The predicted molar refractivity (Wildman–Crippen MR) is 143 cm³/mol. The normalized spacial score (nSPS) is 11.8. The zero-order chi connectivity index (χ0) is 26.0. The van der Waals surface area contributed by atoms with Crippen LogP contribution in [0.15, 0.2) is 0 Å². The molecule has 0 radical (unpaired) electrons. The number of carboxylic acid groups (broad SMARTS) is 1. The third-order valence-electron chi connectivity index (χ3n) is 6.52. The number of rotatable bonds is 26. The molecule has 206 valence electrons. The molecule has 2 N–H and O–H groups in total. The molecule has 0 bridgehead atoms. The lowest BCUT2D eigenvalue weighted by molar-refractivity contribution is -0.150. The van der Waals surface area contributed by atoms with Gasteiger partial charge < -0.3 is 15.2 Å². The van der Waals surface area contributed by atoms with Gasteiger partial charge in [-0.2, -0.15) is 0 Å². The van der Waals surface area contributed by atoms with Gasteiger partial charge in [-0.05, 0) is 12.8 Å². The van der Waals surface area contributed by atoms with Crippen molar-refractivity contribution in [2.45, 2.75) is 161 Å². The topological polar surface area (TPSA) is 92.7 Å². The van der Waals surface area contributed by atoms with Crippen LogP contribution < -0.4 is 5.32 Å². The fourth-order valence-electron chi connectivity index (χ4n) is 4.24. The van der Waals surface area contributed by atoms with E-state index >= 15 is 0 Å². The van der Waals surface area contributed by atoms with Gasteiger partial charge in [-0.1, -0.05) is 129 Å². The van der Waals surface area contributed by atoms with Crippen LogP contribution in [0.25, 0.3) is 0 Å². The number of esters is 1. The van der Waals surface area contributed by atoms with E-state index in [1.165, 1.54) is 89.9 Å². The maximum absolute atomic E-state index is 12.1. The van der Waals surface area contributed by atoms with Gasteiger partial charge in [0, 0.05) is 6.42 Å². The number of hydrogen-bond donors (Lipinski definition) is 2. The second-order valence-electron chi connectivity index (χ2n) is 10.00. The fraction of sp³-hybridized carbons (Fsp3) is 0.897. The largest absolute Gasteiger partial charge is 0.480 e. The highest BCUT2D eigenvalue weighted by Gasteiger charge is 2.23. The molecule has 0 spiro atoms. The molecule has 1 amide bonds. The molecule has 0 unspecified atom stereocenters. The fourth-order valence-corrected chi connectivity index (χ4v) is 4.24. The van der Waals surface area contributed by atoms with E-state index in [0.29, 0.717) is 13.0 Å². The number of carbonyl (C=O) groups excluding carboxylic acids is 2. The van der Waals surface area contributed by atoms with E-state index < -0.39 is 18.0 Å². The summed E-state index contributed by atoms with van der Waals surface area (Å²) in [5.74, 6) is -2.07. The van der Waals surface area contributed by atoms with Crippen molar-refractivity contribution in [1.29, 1.82) is 0 Å². The van der Waals surface area contributed by atoms with Gasteiger partial charge in [0.1, 0.15) is 6.04 Å². The Hall–Kier alpha value is -1.59. The molecule has 0 aromatic carbocycles. The number of carboxylic acids is 1. The number of amides is 1. The Morgan fingerprint density at radius 1 is 0.629 bits per heavy atom. The van der Waals surface area contributed by atoms with Crippen LogP contribution in [0.3, 0.4) is 0 Å². The van der Waals surface area contributed by atoms with Crippen molar-refractivity contribution in [3.8, 4) is 0 Å². The Labute approximate surface area is 215 Å². The van der Waals surface area contributed by atoms with Gasteiger partial charge in [0.2, 0.25) is 5.91 Å². The van der Waals surface area contributed by atoms with E-state index in [1.54, 1.807) is 0 Å². The van der Waals surface area contributed by atoms with Gasteiger partial charge in [-0.25, -0.2) is 4.79 Å². The van der Waals surface area contributed by atoms with E-state index in [1.807, 2.05) is 0 Å². The number of carbonyl (C=O) groups is 3. The highest BCUT2D eigenvalue weighted by molar-refractivity contribution is 5.87. The summed E-state index contributed by atoms with van der Waals surface area (Å²) < 4.78 is 5.19. The number of nitrogens with one attached hydrogen (secondary N) is 1. The maximum atomic E-state index is 12.1. The van der Waals surface area contributed by atoms with Crippen LogP contribution in [0.4, 0.5) is 0 Å². The Morgan fingerprint density at radius 3 is 1.46 bits per heavy atom. The van der Waals surface area contributed by atoms with Gasteiger partial charge in [0.25, 0.3) is 0 Å². The van der Waals surface area contributed by atoms with Crippen molar-refractivity contribution in [2.75, 3.05) is 6.61 Å². The van der Waals surface area contributed by atoms with Crippen molar-refractivity contribution in [2.24, 2.45) is 0 Å². The van der Waals surface area contributed by atoms with Crippen LogP contribution in [0.5, 0.6) is 0 Å². The first-order valence-corrected chi connectivity index (χ1v) is 14.7. The van der Waals surface area contributed by atoms with Crippen LogP contribution >= 0.6 is 0 Å². The highest BCUT2D eigenvalue weighted by atomic mass is 16.5. The van der Waals surface area contributed by atoms with E-state index in [-0.39, 0.29) is 12.3 Å². The minimum atomic E-state index is -1.22. The average Bonchev–Trinajstić information content (AvgIpc) is 2.83. The van der Waals surface area contributed by atoms with Crippen molar-refractivity contribution in [3.63, 3.8) is 0 Å². The maximum Gasteiger partial charge on any atom is 0.326 e. The summed E-state index contributed by atoms with van der Waals surface area (Å²) in [7, 11) is 0. The smallest absolute Gasteiger partial charge is 0.326 e. The molecule has 1 atom stereocenters. The van der Waals surface area contributed by atoms with Crippen molar-refractivity contribution in [1.82, 2.24) is 5.32 Å². The summed E-state index contributed by atoms with van der Waals surface area (Å²) in [4.78, 5) is 35.6. The highest BCUT2D eigenvalue weighted by Crippen LogP contribution is 2.12. The lowest BCUT2D eigenvalue weighted by Crippen LogP contribution is -2.42. The standard InChI is InChI=1S/C29H55NO5/c1-3-5-7-9-11-13-14-16-18-20-22-24-35-28(32)25-26(29(33)34)30-27(31)23-21-19-17-15-12-10-8-6-4-2/h26H,3-25H2,1-2H3,(H,30,31)(H,33,34)/t26-/m0/s1. The number of hydrogen-bond acceptors (Lipinski definition) is 4. The molecule has 0 fully saturated rings. The Balaban J connectivity index is 3.74. The number of aliphatic carboxylic acids is 1. The predicted octanol–water partition coefficient (Wildman–Crippen LogP) is 7.72. The quantitative estimate of drug-likeness (QED) is 0.0942. The molecular formula is C29H55NO5. The molecule has 35 heavy (non-hydrogen) atoms. The Bertz CT molecular complexity index is 523. The van der Waals surface area contributed by atoms with E-state index in [9.17, 15) is 19.5 Å². The zero-order valence-corrected chi connectivity index (χ0v) is 22.9. The third-order valence-corrected chi connectivity index (χ3v) is 6.52. The molecule has 0 aliphatic heterocycles. The van der Waals surface area contributed by atoms with Crippen LogP contribution in [0.1, 0.15) is 155 Å². The summed E-state index contributed by atoms with van der Waals surface area (Å²) in [6.45, 7) is 4.76. The lowest BCUT2D eigenvalue weighted by atomic mass is 10.1. The molecule has 6 heteroatoms. The summed E-state index contributed by atoms with van der Waals surface area (Å²) >= 11 is 0. The van der Waals surface area contributed by atoms with Gasteiger partial charge >= 0.3 is 11.9 Å². The average molecular weight is 498 g/mol. The monoisotopic (exact) mass is 497 g/mol. The zero-order valence-electron chi connectivity index (χ0n) is 22.9. The van der Waals surface area contributed by atoms with E-state index in [4.69, 9.17) is 4.74 Å². The molecule has 0 rings (SSSR count). The molecule has 0 aliphatic rings. The van der Waals surface area contributed by atoms with Gasteiger partial charge in [0.15, 0.2) is 0 Å². The first-order chi connectivity index (χ1) is 17.0. The second-order valence-corrected chi connectivity index (χ2v) is 10.00. The van der Waals surface area contributed by atoms with Crippen molar-refractivity contribution in [3.05, 3.63) is 0 Å². The van der Waals surface area contributed by atoms with Crippen LogP contribution in [-0.4, -0.2) is 35.6 Å². The van der Waals surface area contributed by atoms with Gasteiger partial charge in [-0.3, -0.25) is 9.59 Å². The Kier molecular flexibility index (Phi) is 24.3. The van der Waals surface area contributed by atoms with E-state index in [0.717, 1.165) is 38.5 Å². The molecule has 0 saturated carbocycles. The SMILES string of the molecule is CCCCCCCCCCCCCOC(=O)C[C@H](NC(=O)CCCCCCCCCCC)C(=O)O. The first kappa shape index (κ1) is 33.4.